The third kappa shape index (κ3) is 5.82. The second kappa shape index (κ2) is 11.2. The van der Waals surface area contributed by atoms with Crippen molar-refractivity contribution < 1.29 is 4.79 Å². The van der Waals surface area contributed by atoms with Crippen LogP contribution in [0.3, 0.4) is 0 Å². The molecule has 0 radical (unpaired) electrons. The summed E-state index contributed by atoms with van der Waals surface area (Å²) in [6.07, 6.45) is 12.6. The highest BCUT2D eigenvalue weighted by Gasteiger charge is 2.29. The van der Waals surface area contributed by atoms with Crippen LogP contribution in [0.5, 0.6) is 0 Å². The van der Waals surface area contributed by atoms with Gasteiger partial charge in [0.15, 0.2) is 0 Å². The van der Waals surface area contributed by atoms with E-state index in [1.54, 1.807) is 23.2 Å². The third-order valence-electron chi connectivity index (χ3n) is 3.81. The fraction of sp³-hybridized carbons (Fsp3) is 0.381. The minimum absolute atomic E-state index is 0.0504. The number of nitriles is 1. The molecule has 138 valence electrons. The Morgan fingerprint density at radius 3 is 2.69 bits per heavy atom. The highest BCUT2D eigenvalue weighted by Crippen LogP contribution is 2.24. The van der Waals surface area contributed by atoms with Gasteiger partial charge in [-0.25, -0.2) is 4.98 Å². The first-order chi connectivity index (χ1) is 12.5. The van der Waals surface area contributed by atoms with Gasteiger partial charge in [-0.1, -0.05) is 44.2 Å². The summed E-state index contributed by atoms with van der Waals surface area (Å²) in [6.45, 7) is 11.8. The Morgan fingerprint density at radius 1 is 1.50 bits per heavy atom. The van der Waals surface area contributed by atoms with Crippen LogP contribution in [-0.2, 0) is 4.79 Å². The van der Waals surface area contributed by atoms with Crippen LogP contribution < -0.4 is 0 Å². The van der Waals surface area contributed by atoms with Gasteiger partial charge < -0.3 is 4.90 Å². The molecule has 1 atom stereocenters. The van der Waals surface area contributed by atoms with E-state index in [2.05, 4.69) is 24.6 Å². The zero-order valence-electron chi connectivity index (χ0n) is 16.0. The molecule has 5 heteroatoms. The van der Waals surface area contributed by atoms with E-state index in [1.165, 1.54) is 11.3 Å². The van der Waals surface area contributed by atoms with E-state index in [9.17, 15) is 10.1 Å². The molecule has 0 aliphatic heterocycles. The maximum atomic E-state index is 13.2. The lowest BCUT2D eigenvalue weighted by Gasteiger charge is -2.36. The fourth-order valence-electron chi connectivity index (χ4n) is 2.79. The normalized spacial score (nSPS) is 13.7. The molecule has 0 aliphatic carbocycles. The molecule has 1 unspecified atom stereocenters. The number of thiazole rings is 1. The third-order valence-corrected chi connectivity index (χ3v) is 4.54. The van der Waals surface area contributed by atoms with E-state index in [1.807, 2.05) is 44.4 Å². The molecule has 0 N–H and O–H groups in total. The first-order valence-corrected chi connectivity index (χ1v) is 9.67. The molecular weight excluding hydrogens is 342 g/mol. The van der Waals surface area contributed by atoms with Crippen LogP contribution in [0.2, 0.25) is 0 Å². The Balaban J connectivity index is 3.36. The Hall–Kier alpha value is -2.45. The van der Waals surface area contributed by atoms with Crippen molar-refractivity contribution in [1.29, 1.82) is 5.26 Å². The summed E-state index contributed by atoms with van der Waals surface area (Å²) < 4.78 is 0. The van der Waals surface area contributed by atoms with E-state index in [4.69, 9.17) is 0 Å². The van der Waals surface area contributed by atoms with Gasteiger partial charge >= 0.3 is 0 Å². The molecule has 0 saturated heterocycles. The Morgan fingerprint density at radius 2 is 2.23 bits per heavy atom. The number of amides is 1. The average Bonchev–Trinajstić information content (AvgIpc) is 3.11. The van der Waals surface area contributed by atoms with Crippen molar-refractivity contribution in [3.05, 3.63) is 58.6 Å². The van der Waals surface area contributed by atoms with E-state index in [-0.39, 0.29) is 23.6 Å². The monoisotopic (exact) mass is 369 g/mol. The quantitative estimate of drug-likeness (QED) is 0.344. The molecule has 1 aromatic rings. The van der Waals surface area contributed by atoms with Gasteiger partial charge in [0, 0.05) is 17.6 Å². The lowest BCUT2D eigenvalue weighted by molar-refractivity contribution is -0.130. The maximum Gasteiger partial charge on any atom is 0.265 e. The smallest absolute Gasteiger partial charge is 0.265 e. The topological polar surface area (TPSA) is 57.0 Å². The molecule has 1 rings (SSSR count). The molecule has 4 nitrogen and oxygen atoms in total. The minimum atomic E-state index is -0.268. The summed E-state index contributed by atoms with van der Waals surface area (Å²) in [7, 11) is 0. The van der Waals surface area contributed by atoms with E-state index in [0.717, 1.165) is 18.4 Å². The number of hydrogen-bond donors (Lipinski definition) is 0. The standard InChI is InChI=1S/C21H27N3OS/c1-6-9-17(10-7-2)19(11-8-3)24(16(4)5)21(25)18(15-22)14-20-23-12-13-26-20/h6-7,9-10,12-14,16,19H,1,8,11H2,2-5H3/b10-7-,17-9+,18-14+. The van der Waals surface area contributed by atoms with Gasteiger partial charge in [0.1, 0.15) is 16.6 Å². The number of hydrogen-bond acceptors (Lipinski definition) is 4. The summed E-state index contributed by atoms with van der Waals surface area (Å²) in [4.78, 5) is 19.1. The van der Waals surface area contributed by atoms with Crippen molar-refractivity contribution >= 4 is 23.3 Å². The van der Waals surface area contributed by atoms with Crippen LogP contribution in [0.15, 0.2) is 53.6 Å². The number of rotatable bonds is 9. The Kier molecular flexibility index (Phi) is 9.32. The van der Waals surface area contributed by atoms with Crippen molar-refractivity contribution in [2.24, 2.45) is 0 Å². The highest BCUT2D eigenvalue weighted by molar-refractivity contribution is 7.10. The zero-order chi connectivity index (χ0) is 19.5. The predicted octanol–water partition coefficient (Wildman–Crippen LogP) is 5.14. The summed E-state index contributed by atoms with van der Waals surface area (Å²) in [5, 5.41) is 12.0. The van der Waals surface area contributed by atoms with Crippen molar-refractivity contribution in [2.45, 2.75) is 52.6 Å². The SMILES string of the molecule is C=C/C=C(\C=C/C)C(CCC)N(C(=O)/C(C#N)=C/c1nccs1)C(C)C. The molecule has 26 heavy (non-hydrogen) atoms. The molecule has 0 aliphatic rings. The van der Waals surface area contributed by atoms with Crippen LogP contribution in [0.25, 0.3) is 6.08 Å². The molecular formula is C21H27N3OS. The number of aromatic nitrogens is 1. The van der Waals surface area contributed by atoms with Crippen LogP contribution in [0, 0.1) is 11.3 Å². The van der Waals surface area contributed by atoms with Crippen molar-refractivity contribution in [2.75, 3.05) is 0 Å². The summed E-state index contributed by atoms with van der Waals surface area (Å²) >= 11 is 1.40. The van der Waals surface area contributed by atoms with Crippen LogP contribution in [0.4, 0.5) is 0 Å². The largest absolute Gasteiger partial charge is 0.329 e. The highest BCUT2D eigenvalue weighted by atomic mass is 32.1. The van der Waals surface area contributed by atoms with Gasteiger partial charge in [-0.05, 0) is 38.8 Å². The molecule has 0 saturated carbocycles. The van der Waals surface area contributed by atoms with Gasteiger partial charge in [-0.15, -0.1) is 11.3 Å². The van der Waals surface area contributed by atoms with Gasteiger partial charge in [-0.2, -0.15) is 5.26 Å². The summed E-state index contributed by atoms with van der Waals surface area (Å²) in [5.41, 5.74) is 1.12. The molecule has 0 bridgehead atoms. The van der Waals surface area contributed by atoms with Gasteiger partial charge in [0.2, 0.25) is 0 Å². The van der Waals surface area contributed by atoms with Crippen molar-refractivity contribution in [1.82, 2.24) is 9.88 Å². The second-order valence-electron chi connectivity index (χ2n) is 6.05. The molecule has 1 aromatic heterocycles. The molecule has 0 spiro atoms. The first kappa shape index (κ1) is 21.6. The van der Waals surface area contributed by atoms with E-state index in [0.29, 0.717) is 5.01 Å². The van der Waals surface area contributed by atoms with E-state index >= 15 is 0 Å². The maximum absolute atomic E-state index is 13.2. The molecule has 1 amide bonds. The van der Waals surface area contributed by atoms with E-state index < -0.39 is 0 Å². The van der Waals surface area contributed by atoms with Crippen LogP contribution in [0.1, 0.15) is 45.5 Å². The van der Waals surface area contributed by atoms with Crippen molar-refractivity contribution in [3.8, 4) is 6.07 Å². The lowest BCUT2D eigenvalue weighted by Crippen LogP contribution is -2.46. The fourth-order valence-corrected chi connectivity index (χ4v) is 3.36. The molecule has 1 heterocycles. The van der Waals surface area contributed by atoms with Gasteiger partial charge in [0.05, 0.1) is 6.04 Å². The molecule has 0 fully saturated rings. The van der Waals surface area contributed by atoms with Crippen LogP contribution >= 0.6 is 11.3 Å². The predicted molar refractivity (Wildman–Crippen MR) is 109 cm³/mol. The number of carbonyl (C=O) groups is 1. The Labute approximate surface area is 160 Å². The summed E-state index contributed by atoms with van der Waals surface area (Å²) in [5.74, 6) is -0.268. The first-order valence-electron chi connectivity index (χ1n) is 8.79. The second-order valence-corrected chi connectivity index (χ2v) is 6.98. The van der Waals surface area contributed by atoms with Crippen LogP contribution in [-0.4, -0.2) is 27.9 Å². The van der Waals surface area contributed by atoms with Gasteiger partial charge in [0.25, 0.3) is 5.91 Å². The van der Waals surface area contributed by atoms with Gasteiger partial charge in [-0.3, -0.25) is 4.79 Å². The number of carbonyl (C=O) groups excluding carboxylic acids is 1. The zero-order valence-corrected chi connectivity index (χ0v) is 16.8. The number of allylic oxidation sites excluding steroid dienone is 3. The number of nitrogens with zero attached hydrogens (tertiary/aromatic N) is 3. The summed E-state index contributed by atoms with van der Waals surface area (Å²) in [6, 6.07) is 1.89. The minimum Gasteiger partial charge on any atom is -0.329 e. The Bertz CT molecular complexity index is 721. The lowest BCUT2D eigenvalue weighted by atomic mass is 9.97. The van der Waals surface area contributed by atoms with Crippen molar-refractivity contribution in [3.63, 3.8) is 0 Å². The molecule has 0 aromatic carbocycles. The average molecular weight is 370 g/mol.